The van der Waals surface area contributed by atoms with Gasteiger partial charge >= 0.3 is 0 Å². The molecule has 0 unspecified atom stereocenters. The average molecular weight is 285 g/mol. The Morgan fingerprint density at radius 1 is 1.32 bits per heavy atom. The first-order valence-corrected chi connectivity index (χ1v) is 7.70. The Hall–Kier alpha value is -0.940. The van der Waals surface area contributed by atoms with Crippen molar-refractivity contribution in [3.05, 3.63) is 24.0 Å². The first kappa shape index (κ1) is 14.5. The quantitative estimate of drug-likeness (QED) is 0.813. The Bertz CT molecular complexity index is 397. The van der Waals surface area contributed by atoms with E-state index in [-0.39, 0.29) is 5.82 Å². The third kappa shape index (κ3) is 4.58. The smallest absolute Gasteiger partial charge is 0.142 e. The third-order valence-corrected chi connectivity index (χ3v) is 4.12. The number of rotatable bonds is 6. The molecule has 5 heteroatoms. The molecule has 2 rings (SSSR count). The first-order chi connectivity index (χ1) is 9.29. The summed E-state index contributed by atoms with van der Waals surface area (Å²) in [6, 6.07) is 5.01. The number of methoxy groups -OCH3 is 1. The largest absolute Gasteiger partial charge is 0.489 e. The number of thioether (sulfide) groups is 1. The monoisotopic (exact) mass is 285 g/mol. The number of halogens is 1. The second-order valence-electron chi connectivity index (χ2n) is 4.51. The highest BCUT2D eigenvalue weighted by Gasteiger charge is 2.15. The van der Waals surface area contributed by atoms with Crippen molar-refractivity contribution in [2.75, 3.05) is 37.1 Å². The molecule has 1 aromatic carbocycles. The van der Waals surface area contributed by atoms with Gasteiger partial charge < -0.3 is 14.8 Å². The van der Waals surface area contributed by atoms with Gasteiger partial charge in [-0.25, -0.2) is 4.39 Å². The van der Waals surface area contributed by atoms with E-state index in [0.29, 0.717) is 25.0 Å². The lowest BCUT2D eigenvalue weighted by Gasteiger charge is -2.24. The van der Waals surface area contributed by atoms with E-state index in [2.05, 4.69) is 5.32 Å². The highest BCUT2D eigenvalue weighted by Crippen LogP contribution is 2.29. The van der Waals surface area contributed by atoms with Gasteiger partial charge in [-0.05, 0) is 36.5 Å². The SMILES string of the molecule is COCCOc1ccc(F)cc1NC1CCSCC1. The van der Waals surface area contributed by atoms with Gasteiger partial charge in [-0.2, -0.15) is 11.8 Å². The summed E-state index contributed by atoms with van der Waals surface area (Å²) in [4.78, 5) is 0. The minimum atomic E-state index is -0.244. The predicted octanol–water partition coefficient (Wildman–Crippen LogP) is 3.16. The molecule has 0 radical (unpaired) electrons. The van der Waals surface area contributed by atoms with Gasteiger partial charge in [-0.1, -0.05) is 0 Å². The molecule has 1 aliphatic heterocycles. The summed E-state index contributed by atoms with van der Waals surface area (Å²) in [5.41, 5.74) is 0.744. The first-order valence-electron chi connectivity index (χ1n) is 6.55. The van der Waals surface area contributed by atoms with Crippen molar-refractivity contribution >= 4 is 17.4 Å². The zero-order chi connectivity index (χ0) is 13.5. The van der Waals surface area contributed by atoms with Crippen LogP contribution in [0.25, 0.3) is 0 Å². The number of hydrogen-bond acceptors (Lipinski definition) is 4. The Morgan fingerprint density at radius 2 is 2.11 bits per heavy atom. The van der Waals surface area contributed by atoms with E-state index in [4.69, 9.17) is 9.47 Å². The van der Waals surface area contributed by atoms with Crippen LogP contribution in [0.3, 0.4) is 0 Å². The maximum atomic E-state index is 13.4. The standard InChI is InChI=1S/C14H20FNO2S/c1-17-6-7-18-14-3-2-11(15)10-13(14)16-12-4-8-19-9-5-12/h2-3,10,12,16H,4-9H2,1H3. The number of hydrogen-bond donors (Lipinski definition) is 1. The summed E-state index contributed by atoms with van der Waals surface area (Å²) < 4.78 is 23.9. The van der Waals surface area contributed by atoms with E-state index in [9.17, 15) is 4.39 Å². The topological polar surface area (TPSA) is 30.5 Å². The van der Waals surface area contributed by atoms with Gasteiger partial charge in [0.2, 0.25) is 0 Å². The van der Waals surface area contributed by atoms with E-state index >= 15 is 0 Å². The van der Waals surface area contributed by atoms with E-state index in [0.717, 1.165) is 30.0 Å². The van der Waals surface area contributed by atoms with E-state index in [1.54, 1.807) is 13.2 Å². The number of ether oxygens (including phenoxy) is 2. The van der Waals surface area contributed by atoms with E-state index < -0.39 is 0 Å². The highest BCUT2D eigenvalue weighted by atomic mass is 32.2. The van der Waals surface area contributed by atoms with Crippen LogP contribution >= 0.6 is 11.8 Å². The van der Waals surface area contributed by atoms with Crippen molar-refractivity contribution in [1.29, 1.82) is 0 Å². The van der Waals surface area contributed by atoms with Crippen LogP contribution in [-0.2, 0) is 4.74 Å². The molecule has 0 aromatic heterocycles. The summed E-state index contributed by atoms with van der Waals surface area (Å²) in [5, 5.41) is 3.40. The van der Waals surface area contributed by atoms with Crippen LogP contribution in [0.4, 0.5) is 10.1 Å². The molecule has 1 aromatic rings. The molecule has 19 heavy (non-hydrogen) atoms. The summed E-state index contributed by atoms with van der Waals surface area (Å²) in [5.74, 6) is 2.77. The molecule has 0 atom stereocenters. The molecular formula is C14H20FNO2S. The van der Waals surface area contributed by atoms with Gasteiger partial charge in [0.15, 0.2) is 0 Å². The lowest BCUT2D eigenvalue weighted by molar-refractivity contribution is 0.146. The van der Waals surface area contributed by atoms with Crippen molar-refractivity contribution in [2.24, 2.45) is 0 Å². The van der Waals surface area contributed by atoms with Gasteiger partial charge in [0, 0.05) is 19.2 Å². The molecule has 0 spiro atoms. The maximum Gasteiger partial charge on any atom is 0.142 e. The van der Waals surface area contributed by atoms with Crippen LogP contribution < -0.4 is 10.1 Å². The fourth-order valence-corrected chi connectivity index (χ4v) is 3.14. The molecule has 1 saturated heterocycles. The lowest BCUT2D eigenvalue weighted by atomic mass is 10.1. The minimum Gasteiger partial charge on any atom is -0.489 e. The van der Waals surface area contributed by atoms with Crippen LogP contribution in [0.1, 0.15) is 12.8 Å². The van der Waals surface area contributed by atoms with Crippen molar-refractivity contribution < 1.29 is 13.9 Å². The summed E-state index contributed by atoms with van der Waals surface area (Å²) in [7, 11) is 1.63. The van der Waals surface area contributed by atoms with Crippen molar-refractivity contribution in [1.82, 2.24) is 0 Å². The fourth-order valence-electron chi connectivity index (χ4n) is 2.04. The number of nitrogens with one attached hydrogen (secondary N) is 1. The molecular weight excluding hydrogens is 265 g/mol. The van der Waals surface area contributed by atoms with Crippen molar-refractivity contribution in [2.45, 2.75) is 18.9 Å². The van der Waals surface area contributed by atoms with Crippen LogP contribution in [0, 0.1) is 5.82 Å². The van der Waals surface area contributed by atoms with Crippen molar-refractivity contribution in [3.63, 3.8) is 0 Å². The Labute approximate surface area is 117 Å². The second-order valence-corrected chi connectivity index (χ2v) is 5.74. The second kappa shape index (κ2) is 7.60. The summed E-state index contributed by atoms with van der Waals surface area (Å²) in [6.45, 7) is 0.994. The van der Waals surface area contributed by atoms with Gasteiger partial charge in [-0.3, -0.25) is 0 Å². The van der Waals surface area contributed by atoms with Gasteiger partial charge in [0.05, 0.1) is 12.3 Å². The molecule has 0 amide bonds. The third-order valence-electron chi connectivity index (χ3n) is 3.07. The molecule has 1 aliphatic rings. The Kier molecular flexibility index (Phi) is 5.79. The molecule has 3 nitrogen and oxygen atoms in total. The summed E-state index contributed by atoms with van der Waals surface area (Å²) >= 11 is 1.97. The fraction of sp³-hybridized carbons (Fsp3) is 0.571. The van der Waals surface area contributed by atoms with Crippen LogP contribution in [0.2, 0.25) is 0 Å². The highest BCUT2D eigenvalue weighted by molar-refractivity contribution is 7.99. The average Bonchev–Trinajstić information content (AvgIpc) is 2.43. The van der Waals surface area contributed by atoms with Crippen LogP contribution in [-0.4, -0.2) is 37.9 Å². The zero-order valence-electron chi connectivity index (χ0n) is 11.2. The van der Waals surface area contributed by atoms with Crippen molar-refractivity contribution in [3.8, 4) is 5.75 Å². The van der Waals surface area contributed by atoms with Gasteiger partial charge in [-0.15, -0.1) is 0 Å². The predicted molar refractivity (Wildman–Crippen MR) is 77.7 cm³/mol. The molecule has 1 heterocycles. The number of anilines is 1. The van der Waals surface area contributed by atoms with Crippen LogP contribution in [0.15, 0.2) is 18.2 Å². The maximum absolute atomic E-state index is 13.4. The molecule has 0 saturated carbocycles. The normalized spacial score (nSPS) is 16.3. The molecule has 106 valence electrons. The summed E-state index contributed by atoms with van der Waals surface area (Å²) in [6.07, 6.45) is 2.22. The lowest BCUT2D eigenvalue weighted by Crippen LogP contribution is -2.25. The van der Waals surface area contributed by atoms with E-state index in [1.165, 1.54) is 12.1 Å². The zero-order valence-corrected chi connectivity index (χ0v) is 12.0. The van der Waals surface area contributed by atoms with Crippen LogP contribution in [0.5, 0.6) is 5.75 Å². The Morgan fingerprint density at radius 3 is 2.84 bits per heavy atom. The Balaban J connectivity index is 2.01. The molecule has 1 fully saturated rings. The minimum absolute atomic E-state index is 0.244. The molecule has 0 aliphatic carbocycles. The molecule has 1 N–H and O–H groups in total. The van der Waals surface area contributed by atoms with E-state index in [1.807, 2.05) is 11.8 Å². The van der Waals surface area contributed by atoms with Gasteiger partial charge in [0.25, 0.3) is 0 Å². The molecule has 0 bridgehead atoms. The van der Waals surface area contributed by atoms with Gasteiger partial charge in [0.1, 0.15) is 18.2 Å². The number of benzene rings is 1.